The molecule has 2 aromatic rings. The van der Waals surface area contributed by atoms with E-state index in [0.717, 1.165) is 5.56 Å². The van der Waals surface area contributed by atoms with Gasteiger partial charge in [0.15, 0.2) is 5.82 Å². The molecular weight excluding hydrogens is 280 g/mol. The van der Waals surface area contributed by atoms with Crippen LogP contribution in [0, 0.1) is 5.92 Å². The molecule has 0 fully saturated rings. The van der Waals surface area contributed by atoms with Crippen LogP contribution in [0.5, 0.6) is 0 Å². The average molecular weight is 302 g/mol. The monoisotopic (exact) mass is 302 g/mol. The first kappa shape index (κ1) is 16.2. The van der Waals surface area contributed by atoms with Crippen molar-refractivity contribution in [2.45, 2.75) is 33.4 Å². The van der Waals surface area contributed by atoms with Gasteiger partial charge in [-0.1, -0.05) is 19.9 Å². The first-order valence-electron chi connectivity index (χ1n) is 7.41. The molecule has 2 aromatic heterocycles. The molecule has 1 amide bonds. The van der Waals surface area contributed by atoms with E-state index in [1.807, 2.05) is 24.4 Å². The Labute approximate surface area is 130 Å². The molecule has 6 heteroatoms. The van der Waals surface area contributed by atoms with E-state index in [4.69, 9.17) is 4.74 Å². The van der Waals surface area contributed by atoms with Gasteiger partial charge in [0.25, 0.3) is 0 Å². The summed E-state index contributed by atoms with van der Waals surface area (Å²) in [5, 5.41) is 7.05. The number of carbonyl (C=O) groups is 1. The Morgan fingerprint density at radius 2 is 2.14 bits per heavy atom. The fourth-order valence-electron chi connectivity index (χ4n) is 1.91. The molecule has 0 unspecified atom stereocenters. The van der Waals surface area contributed by atoms with Gasteiger partial charge in [-0.15, -0.1) is 0 Å². The predicted octanol–water partition coefficient (Wildman–Crippen LogP) is 1.94. The minimum atomic E-state index is -0.466. The molecule has 0 aliphatic heterocycles. The number of ether oxygens (including phenoxy) is 1. The Morgan fingerprint density at radius 1 is 1.32 bits per heavy atom. The highest BCUT2D eigenvalue weighted by molar-refractivity contribution is 5.80. The number of amides is 1. The number of rotatable bonds is 7. The second kappa shape index (κ2) is 7.70. The van der Waals surface area contributed by atoms with E-state index in [1.54, 1.807) is 24.0 Å². The van der Waals surface area contributed by atoms with E-state index in [-0.39, 0.29) is 5.91 Å². The molecule has 2 rings (SSSR count). The zero-order valence-corrected chi connectivity index (χ0v) is 13.2. The summed E-state index contributed by atoms with van der Waals surface area (Å²) in [5.74, 6) is 0.986. The van der Waals surface area contributed by atoms with Crippen molar-refractivity contribution in [1.82, 2.24) is 20.1 Å². The molecule has 0 aromatic carbocycles. The topological polar surface area (TPSA) is 69.0 Å². The van der Waals surface area contributed by atoms with E-state index in [0.29, 0.717) is 24.9 Å². The summed E-state index contributed by atoms with van der Waals surface area (Å²) in [6.07, 6.45) is 4.75. The summed E-state index contributed by atoms with van der Waals surface area (Å²) >= 11 is 0. The van der Waals surface area contributed by atoms with Gasteiger partial charge < -0.3 is 10.1 Å². The van der Waals surface area contributed by atoms with Crippen molar-refractivity contribution in [3.8, 4) is 5.82 Å². The normalized spacial score (nSPS) is 12.4. The summed E-state index contributed by atoms with van der Waals surface area (Å²) in [7, 11) is 0. The van der Waals surface area contributed by atoms with Gasteiger partial charge >= 0.3 is 0 Å². The van der Waals surface area contributed by atoms with Gasteiger partial charge in [0, 0.05) is 37.3 Å². The molecule has 0 aliphatic carbocycles. The molecule has 2 heterocycles. The lowest BCUT2D eigenvalue weighted by atomic mass is 10.2. The number of nitrogens with one attached hydrogen (secondary N) is 1. The third kappa shape index (κ3) is 4.39. The van der Waals surface area contributed by atoms with Crippen molar-refractivity contribution in [2.75, 3.05) is 6.61 Å². The van der Waals surface area contributed by atoms with Crippen LogP contribution >= 0.6 is 0 Å². The highest BCUT2D eigenvalue weighted by atomic mass is 16.5. The number of aromatic nitrogens is 3. The third-order valence-electron chi connectivity index (χ3n) is 3.09. The van der Waals surface area contributed by atoms with Gasteiger partial charge in [-0.3, -0.25) is 4.79 Å². The molecule has 1 atom stereocenters. The lowest BCUT2D eigenvalue weighted by molar-refractivity contribution is -0.132. The van der Waals surface area contributed by atoms with Crippen LogP contribution in [0.3, 0.4) is 0 Å². The molecule has 0 saturated heterocycles. The fourth-order valence-corrected chi connectivity index (χ4v) is 1.91. The maximum absolute atomic E-state index is 12.0. The van der Waals surface area contributed by atoms with Crippen molar-refractivity contribution >= 4 is 5.91 Å². The molecular formula is C16H22N4O2. The number of hydrogen-bond donors (Lipinski definition) is 1. The second-order valence-electron chi connectivity index (χ2n) is 5.52. The summed E-state index contributed by atoms with van der Waals surface area (Å²) in [4.78, 5) is 16.4. The van der Waals surface area contributed by atoms with Gasteiger partial charge in [-0.2, -0.15) is 5.10 Å². The maximum Gasteiger partial charge on any atom is 0.249 e. The number of carbonyl (C=O) groups excluding carboxylic acids is 1. The smallest absolute Gasteiger partial charge is 0.249 e. The van der Waals surface area contributed by atoms with Crippen LogP contribution in [-0.2, 0) is 16.1 Å². The summed E-state index contributed by atoms with van der Waals surface area (Å²) < 4.78 is 7.19. The third-order valence-corrected chi connectivity index (χ3v) is 3.09. The highest BCUT2D eigenvalue weighted by Crippen LogP contribution is 2.10. The van der Waals surface area contributed by atoms with Crippen LogP contribution in [0.25, 0.3) is 5.82 Å². The first-order valence-corrected chi connectivity index (χ1v) is 7.41. The van der Waals surface area contributed by atoms with Crippen LogP contribution < -0.4 is 5.32 Å². The van der Waals surface area contributed by atoms with Crippen LogP contribution in [0.1, 0.15) is 26.3 Å². The summed E-state index contributed by atoms with van der Waals surface area (Å²) in [6, 6.07) is 5.59. The molecule has 118 valence electrons. The van der Waals surface area contributed by atoms with Gasteiger partial charge in [0.05, 0.1) is 0 Å². The highest BCUT2D eigenvalue weighted by Gasteiger charge is 2.14. The SMILES string of the molecule is CC(C)CO[C@H](C)C(=O)NCc1cccnc1-n1cccn1. The largest absolute Gasteiger partial charge is 0.368 e. The van der Waals surface area contributed by atoms with Crippen molar-refractivity contribution < 1.29 is 9.53 Å². The fraction of sp³-hybridized carbons (Fsp3) is 0.438. The lowest BCUT2D eigenvalue weighted by Crippen LogP contribution is -2.35. The van der Waals surface area contributed by atoms with Gasteiger partial charge in [0.2, 0.25) is 5.91 Å². The first-order chi connectivity index (χ1) is 10.6. The zero-order chi connectivity index (χ0) is 15.9. The van der Waals surface area contributed by atoms with Crippen molar-refractivity contribution in [1.29, 1.82) is 0 Å². The van der Waals surface area contributed by atoms with E-state index in [1.165, 1.54) is 0 Å². The zero-order valence-electron chi connectivity index (χ0n) is 13.2. The molecule has 0 bridgehead atoms. The van der Waals surface area contributed by atoms with Crippen molar-refractivity contribution in [2.24, 2.45) is 5.92 Å². The minimum Gasteiger partial charge on any atom is -0.368 e. The van der Waals surface area contributed by atoms with Gasteiger partial charge in [-0.05, 0) is 25.0 Å². The molecule has 0 aliphatic rings. The lowest BCUT2D eigenvalue weighted by Gasteiger charge is -2.15. The van der Waals surface area contributed by atoms with Crippen LogP contribution in [0.15, 0.2) is 36.8 Å². The van der Waals surface area contributed by atoms with E-state index in [9.17, 15) is 4.79 Å². The summed E-state index contributed by atoms with van der Waals surface area (Å²) in [6.45, 7) is 6.82. The quantitative estimate of drug-likeness (QED) is 0.848. The maximum atomic E-state index is 12.0. The van der Waals surface area contributed by atoms with Crippen LogP contribution in [-0.4, -0.2) is 33.4 Å². The molecule has 0 spiro atoms. The molecule has 6 nitrogen and oxygen atoms in total. The van der Waals surface area contributed by atoms with Crippen molar-refractivity contribution in [3.63, 3.8) is 0 Å². The molecule has 0 radical (unpaired) electrons. The molecule has 1 N–H and O–H groups in total. The average Bonchev–Trinajstić information content (AvgIpc) is 3.04. The Bertz CT molecular complexity index is 596. The van der Waals surface area contributed by atoms with Crippen molar-refractivity contribution in [3.05, 3.63) is 42.4 Å². The summed E-state index contributed by atoms with van der Waals surface area (Å²) in [5.41, 5.74) is 0.899. The Balaban J connectivity index is 1.96. The van der Waals surface area contributed by atoms with Crippen LogP contribution in [0.4, 0.5) is 0 Å². The van der Waals surface area contributed by atoms with Crippen LogP contribution in [0.2, 0.25) is 0 Å². The van der Waals surface area contributed by atoms with E-state index < -0.39 is 6.10 Å². The predicted molar refractivity (Wildman–Crippen MR) is 83.5 cm³/mol. The van der Waals surface area contributed by atoms with E-state index in [2.05, 4.69) is 29.2 Å². The minimum absolute atomic E-state index is 0.129. The molecule has 0 saturated carbocycles. The number of pyridine rings is 1. The standard InChI is InChI=1S/C16H22N4O2/c1-12(2)11-22-13(3)16(21)18-10-14-6-4-7-17-15(14)20-9-5-8-19-20/h4-9,12-13H,10-11H2,1-3H3,(H,18,21)/t13-/m1/s1. The van der Waals surface area contributed by atoms with Gasteiger partial charge in [-0.25, -0.2) is 9.67 Å². The van der Waals surface area contributed by atoms with E-state index >= 15 is 0 Å². The molecule has 22 heavy (non-hydrogen) atoms. The number of nitrogens with zero attached hydrogens (tertiary/aromatic N) is 3. The second-order valence-corrected chi connectivity index (χ2v) is 5.52. The Kier molecular flexibility index (Phi) is 5.66. The number of hydrogen-bond acceptors (Lipinski definition) is 4. The Hall–Kier alpha value is -2.21. The van der Waals surface area contributed by atoms with Gasteiger partial charge in [0.1, 0.15) is 6.10 Å². The Morgan fingerprint density at radius 3 is 2.82 bits per heavy atom.